The Hall–Kier alpha value is -2.33. The summed E-state index contributed by atoms with van der Waals surface area (Å²) in [6.45, 7) is 0.854. The van der Waals surface area contributed by atoms with Crippen molar-refractivity contribution in [1.82, 2.24) is 9.55 Å². The van der Waals surface area contributed by atoms with Crippen molar-refractivity contribution in [1.29, 1.82) is 0 Å². The lowest BCUT2D eigenvalue weighted by atomic mass is 10.1. The van der Waals surface area contributed by atoms with Gasteiger partial charge in [0.15, 0.2) is 0 Å². The van der Waals surface area contributed by atoms with Crippen LogP contribution in [0.3, 0.4) is 0 Å². The van der Waals surface area contributed by atoms with E-state index in [1.54, 1.807) is 12.4 Å². The van der Waals surface area contributed by atoms with Gasteiger partial charge < -0.3 is 9.88 Å². The number of nitrogens with zero attached hydrogens (tertiary/aromatic N) is 2. The van der Waals surface area contributed by atoms with E-state index >= 15 is 0 Å². The SMILES string of the molecule is O=C(Nc1ccccc1)c1cccc2c1ncn2CCCCCl. The van der Waals surface area contributed by atoms with Gasteiger partial charge in [-0.25, -0.2) is 4.98 Å². The average Bonchev–Trinajstić information content (AvgIpc) is 2.99. The minimum atomic E-state index is -0.146. The number of aromatic nitrogens is 2. The van der Waals surface area contributed by atoms with Crippen LogP contribution in [-0.2, 0) is 6.54 Å². The quantitative estimate of drug-likeness (QED) is 0.541. The number of carbonyl (C=O) groups excluding carboxylic acids is 1. The van der Waals surface area contributed by atoms with Crippen LogP contribution in [0, 0.1) is 0 Å². The summed E-state index contributed by atoms with van der Waals surface area (Å²) in [5.74, 6) is 0.519. The number of halogens is 1. The Morgan fingerprint density at radius 2 is 1.91 bits per heavy atom. The van der Waals surface area contributed by atoms with E-state index in [4.69, 9.17) is 11.6 Å². The van der Waals surface area contributed by atoms with Gasteiger partial charge in [0.1, 0.15) is 5.52 Å². The zero-order valence-corrected chi connectivity index (χ0v) is 13.5. The first-order valence-corrected chi connectivity index (χ1v) is 8.19. The summed E-state index contributed by atoms with van der Waals surface area (Å²) in [5.41, 5.74) is 3.06. The standard InChI is InChI=1S/C18H18ClN3O/c19-11-4-5-12-22-13-20-17-15(9-6-10-16(17)22)18(23)21-14-7-2-1-3-8-14/h1-3,6-10,13H,4-5,11-12H2,(H,21,23). The summed E-state index contributed by atoms with van der Waals surface area (Å²) < 4.78 is 2.07. The molecule has 5 heteroatoms. The highest BCUT2D eigenvalue weighted by molar-refractivity contribution is 6.17. The second-order valence-electron chi connectivity index (χ2n) is 5.33. The smallest absolute Gasteiger partial charge is 0.257 e. The van der Waals surface area contributed by atoms with Gasteiger partial charge in [-0.3, -0.25) is 4.79 Å². The minimum absolute atomic E-state index is 0.146. The Balaban J connectivity index is 1.85. The van der Waals surface area contributed by atoms with Gasteiger partial charge in [-0.1, -0.05) is 24.3 Å². The van der Waals surface area contributed by atoms with E-state index in [2.05, 4.69) is 14.9 Å². The average molecular weight is 328 g/mol. The number of hydrogen-bond donors (Lipinski definition) is 1. The van der Waals surface area contributed by atoms with Gasteiger partial charge in [0.2, 0.25) is 0 Å². The first-order chi connectivity index (χ1) is 11.3. The van der Waals surface area contributed by atoms with Gasteiger partial charge in [0, 0.05) is 18.1 Å². The summed E-state index contributed by atoms with van der Waals surface area (Å²) >= 11 is 5.73. The number of para-hydroxylation sites is 2. The number of anilines is 1. The molecule has 3 rings (SSSR count). The Morgan fingerprint density at radius 3 is 2.70 bits per heavy atom. The number of rotatable bonds is 6. The topological polar surface area (TPSA) is 46.9 Å². The van der Waals surface area contributed by atoms with Crippen LogP contribution in [0.25, 0.3) is 11.0 Å². The molecule has 118 valence electrons. The number of fused-ring (bicyclic) bond motifs is 1. The van der Waals surface area contributed by atoms with Gasteiger partial charge in [0.05, 0.1) is 17.4 Å². The predicted octanol–water partition coefficient (Wildman–Crippen LogP) is 4.31. The van der Waals surface area contributed by atoms with Crippen molar-refractivity contribution < 1.29 is 4.79 Å². The van der Waals surface area contributed by atoms with Crippen molar-refractivity contribution in [2.75, 3.05) is 11.2 Å². The lowest BCUT2D eigenvalue weighted by Gasteiger charge is -2.07. The maximum absolute atomic E-state index is 12.5. The molecule has 1 N–H and O–H groups in total. The van der Waals surface area contributed by atoms with Gasteiger partial charge in [-0.2, -0.15) is 0 Å². The molecule has 0 radical (unpaired) electrons. The molecule has 0 saturated carbocycles. The Morgan fingerprint density at radius 1 is 1.09 bits per heavy atom. The number of imidazole rings is 1. The molecule has 0 spiro atoms. The summed E-state index contributed by atoms with van der Waals surface area (Å²) in [6.07, 6.45) is 3.75. The molecule has 0 aliphatic carbocycles. The van der Waals surface area contributed by atoms with Crippen LogP contribution < -0.4 is 5.32 Å². The molecule has 0 unspecified atom stereocenters. The maximum Gasteiger partial charge on any atom is 0.257 e. The monoisotopic (exact) mass is 327 g/mol. The van der Waals surface area contributed by atoms with Crippen LogP contribution in [-0.4, -0.2) is 21.3 Å². The molecule has 1 heterocycles. The third-order valence-corrected chi connectivity index (χ3v) is 3.98. The fourth-order valence-electron chi connectivity index (χ4n) is 2.55. The summed E-state index contributed by atoms with van der Waals surface area (Å²) in [7, 11) is 0. The van der Waals surface area contributed by atoms with E-state index < -0.39 is 0 Å². The van der Waals surface area contributed by atoms with E-state index in [0.717, 1.165) is 36.1 Å². The summed E-state index contributed by atoms with van der Waals surface area (Å²) in [6, 6.07) is 15.1. The molecule has 3 aromatic rings. The molecular formula is C18H18ClN3O. The maximum atomic E-state index is 12.5. The molecule has 4 nitrogen and oxygen atoms in total. The highest BCUT2D eigenvalue weighted by atomic mass is 35.5. The molecule has 1 aromatic heterocycles. The zero-order valence-electron chi connectivity index (χ0n) is 12.7. The number of nitrogens with one attached hydrogen (secondary N) is 1. The Bertz CT molecular complexity index is 798. The van der Waals surface area contributed by atoms with Crippen LogP contribution in [0.15, 0.2) is 54.9 Å². The number of benzene rings is 2. The number of hydrogen-bond acceptors (Lipinski definition) is 2. The van der Waals surface area contributed by atoms with Gasteiger partial charge >= 0.3 is 0 Å². The molecule has 0 atom stereocenters. The largest absolute Gasteiger partial charge is 0.331 e. The zero-order chi connectivity index (χ0) is 16.1. The first kappa shape index (κ1) is 15.6. The third kappa shape index (κ3) is 3.54. The van der Waals surface area contributed by atoms with Crippen molar-refractivity contribution in [3.05, 3.63) is 60.4 Å². The number of carbonyl (C=O) groups is 1. The third-order valence-electron chi connectivity index (χ3n) is 3.71. The van der Waals surface area contributed by atoms with Crippen LogP contribution in [0.5, 0.6) is 0 Å². The van der Waals surface area contributed by atoms with Crippen molar-refractivity contribution in [3.63, 3.8) is 0 Å². The van der Waals surface area contributed by atoms with Crippen LogP contribution in [0.1, 0.15) is 23.2 Å². The minimum Gasteiger partial charge on any atom is -0.331 e. The fourth-order valence-corrected chi connectivity index (χ4v) is 2.74. The summed E-state index contributed by atoms with van der Waals surface area (Å²) in [4.78, 5) is 16.9. The van der Waals surface area contributed by atoms with E-state index in [1.165, 1.54) is 0 Å². The van der Waals surface area contributed by atoms with E-state index in [9.17, 15) is 4.79 Å². The van der Waals surface area contributed by atoms with Crippen molar-refractivity contribution in [3.8, 4) is 0 Å². The Labute approximate surface area is 140 Å². The lowest BCUT2D eigenvalue weighted by molar-refractivity contribution is 0.102. The molecule has 0 fully saturated rings. The molecule has 0 aliphatic heterocycles. The highest BCUT2D eigenvalue weighted by Gasteiger charge is 2.13. The molecule has 1 amide bonds. The first-order valence-electron chi connectivity index (χ1n) is 7.66. The molecule has 0 saturated heterocycles. The van der Waals surface area contributed by atoms with Gasteiger partial charge in [-0.15, -0.1) is 11.6 Å². The van der Waals surface area contributed by atoms with Crippen molar-refractivity contribution in [2.24, 2.45) is 0 Å². The van der Waals surface area contributed by atoms with Gasteiger partial charge in [-0.05, 0) is 37.1 Å². The molecule has 0 bridgehead atoms. The summed E-state index contributed by atoms with van der Waals surface area (Å²) in [5, 5.41) is 2.91. The normalized spacial score (nSPS) is 10.8. The van der Waals surface area contributed by atoms with E-state index in [0.29, 0.717) is 11.4 Å². The number of aryl methyl sites for hydroxylation is 1. The predicted molar refractivity (Wildman–Crippen MR) is 94.1 cm³/mol. The second kappa shape index (κ2) is 7.29. The van der Waals surface area contributed by atoms with Gasteiger partial charge in [0.25, 0.3) is 5.91 Å². The fraction of sp³-hybridized carbons (Fsp3) is 0.222. The van der Waals surface area contributed by atoms with E-state index in [-0.39, 0.29) is 5.91 Å². The molecule has 23 heavy (non-hydrogen) atoms. The highest BCUT2D eigenvalue weighted by Crippen LogP contribution is 2.19. The van der Waals surface area contributed by atoms with Crippen LogP contribution in [0.2, 0.25) is 0 Å². The van der Waals surface area contributed by atoms with Crippen molar-refractivity contribution in [2.45, 2.75) is 19.4 Å². The second-order valence-corrected chi connectivity index (χ2v) is 5.71. The van der Waals surface area contributed by atoms with Crippen LogP contribution in [0.4, 0.5) is 5.69 Å². The molecular weight excluding hydrogens is 310 g/mol. The Kier molecular flexibility index (Phi) is 4.93. The number of amides is 1. The number of unbranched alkanes of at least 4 members (excludes halogenated alkanes) is 1. The van der Waals surface area contributed by atoms with Crippen molar-refractivity contribution >= 4 is 34.2 Å². The van der Waals surface area contributed by atoms with Crippen LogP contribution >= 0.6 is 11.6 Å². The lowest BCUT2D eigenvalue weighted by Crippen LogP contribution is -2.12. The number of alkyl halides is 1. The molecule has 0 aliphatic rings. The molecule has 2 aromatic carbocycles. The van der Waals surface area contributed by atoms with E-state index in [1.807, 2.05) is 42.5 Å².